The molecule has 134 valence electrons. The predicted molar refractivity (Wildman–Crippen MR) is 106 cm³/mol. The fourth-order valence-electron chi connectivity index (χ4n) is 2.70. The van der Waals surface area contributed by atoms with Crippen LogP contribution in [0.4, 0.5) is 10.5 Å². The van der Waals surface area contributed by atoms with Crippen LogP contribution in [-0.4, -0.2) is 11.9 Å². The van der Waals surface area contributed by atoms with Gasteiger partial charge in [0, 0.05) is 15.9 Å². The summed E-state index contributed by atoms with van der Waals surface area (Å²) >= 11 is 15.8. The van der Waals surface area contributed by atoms with Crippen LogP contribution in [0.25, 0.3) is 0 Å². The van der Waals surface area contributed by atoms with E-state index in [1.54, 1.807) is 37.3 Å². The molecule has 3 rings (SSSR count). The molecule has 0 saturated heterocycles. The van der Waals surface area contributed by atoms with Gasteiger partial charge < -0.3 is 16.0 Å². The van der Waals surface area contributed by atoms with Gasteiger partial charge in [-0.2, -0.15) is 0 Å². The summed E-state index contributed by atoms with van der Waals surface area (Å²) in [5.74, 6) is -0.349. The largest absolute Gasteiger partial charge is 0.327 e. The average Bonchev–Trinajstić information content (AvgIpc) is 2.58. The van der Waals surface area contributed by atoms with Gasteiger partial charge in [0.25, 0.3) is 5.91 Å². The Hall–Kier alpha value is -2.02. The summed E-state index contributed by atoms with van der Waals surface area (Å²) in [7, 11) is 0. The Labute approximate surface area is 168 Å². The van der Waals surface area contributed by atoms with E-state index in [4.69, 9.17) is 23.2 Å². The van der Waals surface area contributed by atoms with Crippen LogP contribution in [0.3, 0.4) is 0 Å². The minimum atomic E-state index is -0.717. The summed E-state index contributed by atoms with van der Waals surface area (Å²) < 4.78 is 0.904. The fraction of sp³-hybridized carbons (Fsp3) is 0.111. The zero-order valence-electron chi connectivity index (χ0n) is 13.6. The molecular formula is C18H14BrCl2N3O2. The first-order valence-electron chi connectivity index (χ1n) is 7.66. The molecule has 5 nitrogen and oxygen atoms in total. The first-order chi connectivity index (χ1) is 12.4. The van der Waals surface area contributed by atoms with E-state index >= 15 is 0 Å². The van der Waals surface area contributed by atoms with E-state index in [1.165, 1.54) is 0 Å². The number of carbonyl (C=O) groups excluding carboxylic acids is 2. The molecule has 26 heavy (non-hydrogen) atoms. The molecule has 0 saturated carbocycles. The lowest BCUT2D eigenvalue weighted by atomic mass is 9.94. The van der Waals surface area contributed by atoms with Crippen LogP contribution in [0.2, 0.25) is 10.0 Å². The fourth-order valence-corrected chi connectivity index (χ4v) is 3.38. The molecule has 0 aromatic heterocycles. The smallest absolute Gasteiger partial charge is 0.319 e. The number of benzene rings is 2. The Kier molecular flexibility index (Phi) is 5.55. The van der Waals surface area contributed by atoms with Gasteiger partial charge in [0.15, 0.2) is 0 Å². The van der Waals surface area contributed by atoms with E-state index < -0.39 is 12.1 Å². The number of nitrogens with one attached hydrogen (secondary N) is 3. The molecule has 0 fully saturated rings. The standard InChI is InChI=1S/C18H14BrCl2N3O2/c1-9-14(17(25)23-11-7-5-10(19)6-8-11)16(24-18(26)22-9)12-3-2-4-13(20)15(12)21/h2-8,16H,1H3,(H,23,25)(H2,22,24,26). The molecule has 1 aliphatic rings. The van der Waals surface area contributed by atoms with Crippen LogP contribution in [0, 0.1) is 0 Å². The van der Waals surface area contributed by atoms with Crippen molar-refractivity contribution in [1.29, 1.82) is 0 Å². The summed E-state index contributed by atoms with van der Waals surface area (Å²) in [6, 6.07) is 11.2. The van der Waals surface area contributed by atoms with Crippen molar-refractivity contribution in [3.05, 3.63) is 73.8 Å². The van der Waals surface area contributed by atoms with Gasteiger partial charge in [-0.3, -0.25) is 4.79 Å². The molecule has 0 bridgehead atoms. The highest BCUT2D eigenvalue weighted by Crippen LogP contribution is 2.35. The highest BCUT2D eigenvalue weighted by molar-refractivity contribution is 9.10. The molecule has 1 heterocycles. The van der Waals surface area contributed by atoms with Crippen molar-refractivity contribution >= 4 is 56.8 Å². The number of anilines is 1. The predicted octanol–water partition coefficient (Wildman–Crippen LogP) is 5.02. The van der Waals surface area contributed by atoms with Crippen molar-refractivity contribution in [1.82, 2.24) is 10.6 Å². The van der Waals surface area contributed by atoms with E-state index in [0.29, 0.717) is 32.6 Å². The summed E-state index contributed by atoms with van der Waals surface area (Å²) in [4.78, 5) is 24.8. The number of amides is 3. The lowest BCUT2D eigenvalue weighted by Gasteiger charge is -2.29. The van der Waals surface area contributed by atoms with Crippen molar-refractivity contribution < 1.29 is 9.59 Å². The van der Waals surface area contributed by atoms with Crippen LogP contribution in [0.5, 0.6) is 0 Å². The van der Waals surface area contributed by atoms with Gasteiger partial charge in [-0.15, -0.1) is 0 Å². The Morgan fingerprint density at radius 2 is 1.85 bits per heavy atom. The topological polar surface area (TPSA) is 70.2 Å². The molecule has 1 atom stereocenters. The molecule has 2 aromatic carbocycles. The Morgan fingerprint density at radius 3 is 2.54 bits per heavy atom. The highest BCUT2D eigenvalue weighted by Gasteiger charge is 2.32. The maximum atomic E-state index is 12.9. The lowest BCUT2D eigenvalue weighted by molar-refractivity contribution is -0.113. The number of hydrogen-bond acceptors (Lipinski definition) is 2. The van der Waals surface area contributed by atoms with E-state index in [2.05, 4.69) is 31.9 Å². The molecular weight excluding hydrogens is 441 g/mol. The first-order valence-corrected chi connectivity index (χ1v) is 9.21. The number of rotatable bonds is 3. The Bertz CT molecular complexity index is 913. The number of urea groups is 1. The quantitative estimate of drug-likeness (QED) is 0.609. The minimum absolute atomic E-state index is 0.295. The first kappa shape index (κ1) is 18.8. The van der Waals surface area contributed by atoms with Gasteiger partial charge in [0.2, 0.25) is 0 Å². The van der Waals surface area contributed by atoms with E-state index in [1.807, 2.05) is 12.1 Å². The number of hydrogen-bond donors (Lipinski definition) is 3. The molecule has 3 N–H and O–H groups in total. The van der Waals surface area contributed by atoms with Crippen LogP contribution in [0.1, 0.15) is 18.5 Å². The Balaban J connectivity index is 1.99. The molecule has 0 radical (unpaired) electrons. The van der Waals surface area contributed by atoms with E-state index in [0.717, 1.165) is 4.47 Å². The molecule has 0 aliphatic carbocycles. The third kappa shape index (κ3) is 3.87. The molecule has 3 amide bonds. The van der Waals surface area contributed by atoms with Gasteiger partial charge in [0.1, 0.15) is 0 Å². The summed E-state index contributed by atoms with van der Waals surface area (Å²) in [6.07, 6.45) is 0. The third-order valence-corrected chi connectivity index (χ3v) is 5.27. The molecule has 1 unspecified atom stereocenters. The van der Waals surface area contributed by atoms with Crippen LogP contribution in [0.15, 0.2) is 58.2 Å². The number of allylic oxidation sites excluding steroid dienone is 1. The average molecular weight is 455 g/mol. The van der Waals surface area contributed by atoms with Crippen molar-refractivity contribution in [2.75, 3.05) is 5.32 Å². The van der Waals surface area contributed by atoms with E-state index in [9.17, 15) is 9.59 Å². The second-order valence-electron chi connectivity index (χ2n) is 5.67. The maximum absolute atomic E-state index is 12.9. The summed E-state index contributed by atoms with van der Waals surface area (Å²) in [5.41, 5.74) is 1.99. The van der Waals surface area contributed by atoms with Gasteiger partial charge in [-0.1, -0.05) is 51.3 Å². The summed E-state index contributed by atoms with van der Waals surface area (Å²) in [6.45, 7) is 1.67. The minimum Gasteiger partial charge on any atom is -0.327 e. The molecule has 1 aliphatic heterocycles. The SMILES string of the molecule is CC1=C(C(=O)Nc2ccc(Br)cc2)C(c2cccc(Cl)c2Cl)NC(=O)N1. The van der Waals surface area contributed by atoms with Crippen molar-refractivity contribution in [2.24, 2.45) is 0 Å². The number of carbonyl (C=O) groups is 2. The molecule has 0 spiro atoms. The van der Waals surface area contributed by atoms with Crippen LogP contribution < -0.4 is 16.0 Å². The monoisotopic (exact) mass is 453 g/mol. The lowest BCUT2D eigenvalue weighted by Crippen LogP contribution is -2.46. The summed E-state index contributed by atoms with van der Waals surface area (Å²) in [5, 5.41) is 8.84. The van der Waals surface area contributed by atoms with Crippen LogP contribution in [-0.2, 0) is 4.79 Å². The van der Waals surface area contributed by atoms with Crippen LogP contribution >= 0.6 is 39.1 Å². The van der Waals surface area contributed by atoms with E-state index in [-0.39, 0.29) is 5.91 Å². The van der Waals surface area contributed by atoms with Crippen molar-refractivity contribution in [2.45, 2.75) is 13.0 Å². The van der Waals surface area contributed by atoms with Gasteiger partial charge in [-0.25, -0.2) is 4.79 Å². The zero-order valence-corrected chi connectivity index (χ0v) is 16.7. The van der Waals surface area contributed by atoms with Gasteiger partial charge in [-0.05, 0) is 42.8 Å². The maximum Gasteiger partial charge on any atom is 0.319 e. The third-order valence-electron chi connectivity index (χ3n) is 3.91. The molecule has 8 heteroatoms. The van der Waals surface area contributed by atoms with Gasteiger partial charge in [0.05, 0.1) is 21.7 Å². The van der Waals surface area contributed by atoms with Gasteiger partial charge >= 0.3 is 6.03 Å². The van der Waals surface area contributed by atoms with Crippen molar-refractivity contribution in [3.8, 4) is 0 Å². The second-order valence-corrected chi connectivity index (χ2v) is 7.38. The second kappa shape index (κ2) is 7.70. The molecule has 2 aromatic rings. The normalized spacial score (nSPS) is 16.8. The van der Waals surface area contributed by atoms with Crippen molar-refractivity contribution in [3.63, 3.8) is 0 Å². The zero-order chi connectivity index (χ0) is 18.8. The number of halogens is 3. The highest BCUT2D eigenvalue weighted by atomic mass is 79.9. The Morgan fingerprint density at radius 1 is 1.15 bits per heavy atom.